The van der Waals surface area contributed by atoms with Gasteiger partial charge in [-0.05, 0) is 37.5 Å². The van der Waals surface area contributed by atoms with Gasteiger partial charge in [0.2, 0.25) is 0 Å². The number of esters is 4. The molecular formula is C69H134O17P2. The van der Waals surface area contributed by atoms with Crippen LogP contribution in [0.5, 0.6) is 0 Å². The second kappa shape index (κ2) is 61.3. The molecule has 0 rings (SSSR count). The van der Waals surface area contributed by atoms with Crippen molar-refractivity contribution < 1.29 is 80.2 Å². The van der Waals surface area contributed by atoms with E-state index in [1.165, 1.54) is 161 Å². The molecule has 0 aliphatic heterocycles. The molecule has 0 aromatic carbocycles. The molecule has 88 heavy (non-hydrogen) atoms. The summed E-state index contributed by atoms with van der Waals surface area (Å²) < 4.78 is 68.0. The van der Waals surface area contributed by atoms with Gasteiger partial charge in [-0.3, -0.25) is 37.3 Å². The molecular weight excluding hydrogens is 1160 g/mol. The topological polar surface area (TPSA) is 237 Å². The molecule has 2 unspecified atom stereocenters. The highest BCUT2D eigenvalue weighted by Gasteiger charge is 2.30. The minimum atomic E-state index is -4.95. The molecule has 0 spiro atoms. The highest BCUT2D eigenvalue weighted by molar-refractivity contribution is 7.47. The van der Waals surface area contributed by atoms with Crippen LogP contribution in [-0.4, -0.2) is 96.7 Å². The maximum absolute atomic E-state index is 13.0. The fourth-order valence-corrected chi connectivity index (χ4v) is 12.0. The summed E-state index contributed by atoms with van der Waals surface area (Å²) in [6.45, 7) is 9.45. The van der Waals surface area contributed by atoms with Gasteiger partial charge in [0, 0.05) is 25.7 Å². The summed E-state index contributed by atoms with van der Waals surface area (Å²) >= 11 is 0. The number of hydrogen-bond acceptors (Lipinski definition) is 15. The molecule has 0 saturated carbocycles. The molecule has 0 amide bonds. The van der Waals surface area contributed by atoms with E-state index in [1.807, 2.05) is 0 Å². The Morgan fingerprint density at radius 1 is 0.307 bits per heavy atom. The zero-order chi connectivity index (χ0) is 65.0. The van der Waals surface area contributed by atoms with Crippen LogP contribution in [0.15, 0.2) is 0 Å². The van der Waals surface area contributed by atoms with E-state index in [2.05, 4.69) is 41.5 Å². The minimum absolute atomic E-state index is 0.104. The van der Waals surface area contributed by atoms with Crippen LogP contribution in [0.1, 0.15) is 350 Å². The zero-order valence-corrected chi connectivity index (χ0v) is 58.8. The Hall–Kier alpha value is -1.94. The lowest BCUT2D eigenvalue weighted by Gasteiger charge is -2.21. The van der Waals surface area contributed by atoms with Crippen LogP contribution in [0.4, 0.5) is 0 Å². The standard InChI is InChI=1S/C69H134O17P2/c1-7-9-11-13-14-15-16-17-21-24-29-34-40-46-52-67(72)80-58-65(86-68(73)53-47-41-35-30-25-22-19-18-20-23-27-32-38-43-49-61(3)4)60-84-88(77,78)82-56-63(70)55-81-87(75,76)83-59-64(57-79-66(71)51-45-37-12-10-8-2)85-69(74)54-48-42-36-31-26-28-33-39-44-50-62(5)6/h61-65,70H,7-60H2,1-6H3,(H,75,76)(H,77,78)/t63-,64+,65+/m0/s1. The van der Waals surface area contributed by atoms with Crippen LogP contribution >= 0.6 is 15.6 Å². The molecule has 0 aliphatic carbocycles. The third-order valence-electron chi connectivity index (χ3n) is 16.0. The van der Waals surface area contributed by atoms with Crippen LogP contribution in [0.2, 0.25) is 0 Å². The molecule has 522 valence electrons. The summed E-state index contributed by atoms with van der Waals surface area (Å²) in [5.74, 6) is -0.604. The van der Waals surface area contributed by atoms with Crippen molar-refractivity contribution in [3.05, 3.63) is 0 Å². The minimum Gasteiger partial charge on any atom is -0.462 e. The van der Waals surface area contributed by atoms with Gasteiger partial charge in [-0.15, -0.1) is 0 Å². The van der Waals surface area contributed by atoms with Crippen molar-refractivity contribution in [3.63, 3.8) is 0 Å². The zero-order valence-electron chi connectivity index (χ0n) is 57.0. The van der Waals surface area contributed by atoms with Gasteiger partial charge in [0.25, 0.3) is 0 Å². The SMILES string of the molecule is CCCCCCCCCCCCCCCCC(=O)OC[C@H](COP(=O)(O)OC[C@@H](O)COP(=O)(O)OC[C@@H](COC(=O)CCCCCCC)OC(=O)CCCCCCCCCCCC(C)C)OC(=O)CCCCCCCCCCCCCCCCC(C)C. The van der Waals surface area contributed by atoms with Crippen molar-refractivity contribution in [2.45, 2.75) is 368 Å². The maximum Gasteiger partial charge on any atom is 0.472 e. The van der Waals surface area contributed by atoms with E-state index in [1.54, 1.807) is 0 Å². The van der Waals surface area contributed by atoms with Crippen LogP contribution in [0.25, 0.3) is 0 Å². The molecule has 0 aliphatic rings. The largest absolute Gasteiger partial charge is 0.472 e. The molecule has 0 bridgehead atoms. The molecule has 3 N–H and O–H groups in total. The summed E-state index contributed by atoms with van der Waals surface area (Å²) in [7, 11) is -9.89. The normalized spacial score (nSPS) is 14.2. The van der Waals surface area contributed by atoms with Crippen molar-refractivity contribution in [2.75, 3.05) is 39.6 Å². The molecule has 0 heterocycles. The van der Waals surface area contributed by atoms with Gasteiger partial charge in [-0.25, -0.2) is 9.13 Å². The second-order valence-corrected chi connectivity index (χ2v) is 28.8. The smallest absolute Gasteiger partial charge is 0.462 e. The van der Waals surface area contributed by atoms with E-state index in [9.17, 15) is 43.2 Å². The fraction of sp³-hybridized carbons (Fsp3) is 0.942. The van der Waals surface area contributed by atoms with Gasteiger partial charge >= 0.3 is 39.5 Å². The lowest BCUT2D eigenvalue weighted by atomic mass is 10.0. The molecule has 0 saturated heterocycles. The second-order valence-electron chi connectivity index (χ2n) is 25.9. The monoisotopic (exact) mass is 1300 g/mol. The van der Waals surface area contributed by atoms with E-state index in [-0.39, 0.29) is 25.7 Å². The summed E-state index contributed by atoms with van der Waals surface area (Å²) in [5, 5.41) is 10.6. The maximum atomic E-state index is 13.0. The molecule has 5 atom stereocenters. The Morgan fingerprint density at radius 3 is 0.773 bits per heavy atom. The summed E-state index contributed by atoms with van der Waals surface area (Å²) in [4.78, 5) is 72.2. The van der Waals surface area contributed by atoms with E-state index in [0.717, 1.165) is 108 Å². The van der Waals surface area contributed by atoms with E-state index in [4.69, 9.17) is 37.0 Å². The molecule has 19 heteroatoms. The first-order valence-electron chi connectivity index (χ1n) is 36.0. The van der Waals surface area contributed by atoms with Gasteiger partial charge in [0.15, 0.2) is 12.2 Å². The number of phosphoric ester groups is 2. The summed E-state index contributed by atoms with van der Waals surface area (Å²) in [6.07, 6.45) is 46.2. The number of hydrogen-bond donors (Lipinski definition) is 3. The van der Waals surface area contributed by atoms with Crippen LogP contribution in [0.3, 0.4) is 0 Å². The van der Waals surface area contributed by atoms with Gasteiger partial charge < -0.3 is 33.8 Å². The lowest BCUT2D eigenvalue weighted by Crippen LogP contribution is -2.30. The Bertz CT molecular complexity index is 1720. The highest BCUT2D eigenvalue weighted by atomic mass is 31.2. The van der Waals surface area contributed by atoms with Crippen molar-refractivity contribution in [2.24, 2.45) is 11.8 Å². The molecule has 17 nitrogen and oxygen atoms in total. The fourth-order valence-electron chi connectivity index (χ4n) is 10.4. The van der Waals surface area contributed by atoms with Crippen molar-refractivity contribution in [3.8, 4) is 0 Å². The number of carbonyl (C=O) groups is 4. The Balaban J connectivity index is 5.16. The first kappa shape index (κ1) is 86.1. The third kappa shape index (κ3) is 62.8. The van der Waals surface area contributed by atoms with E-state index in [0.29, 0.717) is 25.7 Å². The molecule has 0 fully saturated rings. The first-order chi connectivity index (χ1) is 42.4. The number of aliphatic hydroxyl groups is 1. The number of ether oxygens (including phenoxy) is 4. The van der Waals surface area contributed by atoms with E-state index >= 15 is 0 Å². The quantitative estimate of drug-likeness (QED) is 0.0222. The third-order valence-corrected chi connectivity index (χ3v) is 17.9. The van der Waals surface area contributed by atoms with Crippen LogP contribution < -0.4 is 0 Å². The van der Waals surface area contributed by atoms with Gasteiger partial charge in [-0.1, -0.05) is 298 Å². The summed E-state index contributed by atoms with van der Waals surface area (Å²) in [6, 6.07) is 0. The number of aliphatic hydroxyl groups excluding tert-OH is 1. The summed E-state index contributed by atoms with van der Waals surface area (Å²) in [5.41, 5.74) is 0. The number of phosphoric acid groups is 2. The van der Waals surface area contributed by atoms with Crippen molar-refractivity contribution in [1.82, 2.24) is 0 Å². The Labute approximate surface area is 537 Å². The average molecular weight is 1300 g/mol. The number of unbranched alkanes of at least 4 members (excludes halogenated alkanes) is 38. The van der Waals surface area contributed by atoms with Crippen LogP contribution in [-0.2, 0) is 65.4 Å². The van der Waals surface area contributed by atoms with Gasteiger partial charge in [-0.2, -0.15) is 0 Å². The molecule has 0 aromatic heterocycles. The van der Waals surface area contributed by atoms with Crippen molar-refractivity contribution in [1.29, 1.82) is 0 Å². The number of rotatable bonds is 68. The predicted molar refractivity (Wildman–Crippen MR) is 354 cm³/mol. The first-order valence-corrected chi connectivity index (χ1v) is 39.0. The van der Waals surface area contributed by atoms with Crippen molar-refractivity contribution >= 4 is 39.5 Å². The van der Waals surface area contributed by atoms with E-state index < -0.39 is 97.5 Å². The van der Waals surface area contributed by atoms with Gasteiger partial charge in [0.1, 0.15) is 19.3 Å². The van der Waals surface area contributed by atoms with Crippen LogP contribution in [0, 0.1) is 11.8 Å². The Morgan fingerprint density at radius 2 is 0.523 bits per heavy atom. The highest BCUT2D eigenvalue weighted by Crippen LogP contribution is 2.45. The molecule has 0 radical (unpaired) electrons. The Kier molecular flexibility index (Phi) is 59.9. The predicted octanol–water partition coefficient (Wildman–Crippen LogP) is 19.6. The molecule has 0 aromatic rings. The lowest BCUT2D eigenvalue weighted by molar-refractivity contribution is -0.161. The van der Waals surface area contributed by atoms with Gasteiger partial charge in [0.05, 0.1) is 26.4 Å². The number of carbonyl (C=O) groups excluding carboxylic acids is 4. The average Bonchev–Trinajstić information content (AvgIpc) is 3.58.